The molecular weight excluding hydrogens is 342 g/mol. The lowest BCUT2D eigenvalue weighted by atomic mass is 10.1. The van der Waals surface area contributed by atoms with Gasteiger partial charge in [0.05, 0.1) is 10.7 Å². The topological polar surface area (TPSA) is 79.8 Å². The first-order valence-corrected chi connectivity index (χ1v) is 7.92. The summed E-state index contributed by atoms with van der Waals surface area (Å²) in [6.07, 6.45) is 0. The highest BCUT2D eigenvalue weighted by Crippen LogP contribution is 2.22. The van der Waals surface area contributed by atoms with Crippen LogP contribution in [0, 0.1) is 0 Å². The van der Waals surface area contributed by atoms with Gasteiger partial charge in [-0.3, -0.25) is 9.59 Å². The lowest BCUT2D eigenvalue weighted by molar-refractivity contribution is -0.123. The molecule has 0 aliphatic carbocycles. The van der Waals surface area contributed by atoms with Gasteiger partial charge in [0.25, 0.3) is 5.91 Å². The molecule has 0 spiro atoms. The number of carbonyl (C=O) groups excluding carboxylic acids is 2. The summed E-state index contributed by atoms with van der Waals surface area (Å²) >= 11 is 5.95. The van der Waals surface area contributed by atoms with Crippen LogP contribution < -0.4 is 15.5 Å². The molecule has 0 unspecified atom stereocenters. The van der Waals surface area contributed by atoms with Crippen LogP contribution in [0.2, 0.25) is 5.02 Å². The molecule has 2 aromatic carbocycles. The maximum absolute atomic E-state index is 11.8. The zero-order valence-electron chi connectivity index (χ0n) is 13.9. The summed E-state index contributed by atoms with van der Waals surface area (Å²) in [7, 11) is 0. The van der Waals surface area contributed by atoms with E-state index in [1.807, 2.05) is 6.07 Å². The molecule has 2 rings (SSSR count). The van der Waals surface area contributed by atoms with E-state index in [1.54, 1.807) is 49.4 Å². The Morgan fingerprint density at radius 1 is 1.12 bits per heavy atom. The van der Waals surface area contributed by atoms with E-state index in [4.69, 9.17) is 16.3 Å². The van der Waals surface area contributed by atoms with Crippen LogP contribution in [0.15, 0.2) is 53.6 Å². The van der Waals surface area contributed by atoms with E-state index in [2.05, 4.69) is 15.8 Å². The first-order valence-electron chi connectivity index (χ1n) is 7.54. The largest absolute Gasteiger partial charge is 0.482 e. The van der Waals surface area contributed by atoms with Gasteiger partial charge >= 0.3 is 0 Å². The van der Waals surface area contributed by atoms with Gasteiger partial charge in [-0.1, -0.05) is 35.9 Å². The minimum Gasteiger partial charge on any atom is -0.482 e. The molecule has 0 aliphatic heterocycles. The predicted molar refractivity (Wildman–Crippen MR) is 98.0 cm³/mol. The normalized spacial score (nSPS) is 10.9. The fourth-order valence-electron chi connectivity index (χ4n) is 1.97. The minimum atomic E-state index is -0.405. The number of nitrogens with zero attached hydrogens (tertiary/aromatic N) is 1. The van der Waals surface area contributed by atoms with Crippen molar-refractivity contribution in [2.45, 2.75) is 13.8 Å². The molecular formula is C18H18ClN3O3. The highest BCUT2D eigenvalue weighted by molar-refractivity contribution is 6.32. The first-order chi connectivity index (χ1) is 12.0. The molecule has 6 nitrogen and oxygen atoms in total. The van der Waals surface area contributed by atoms with E-state index in [9.17, 15) is 9.59 Å². The maximum Gasteiger partial charge on any atom is 0.277 e. The molecule has 0 radical (unpaired) electrons. The van der Waals surface area contributed by atoms with Crippen molar-refractivity contribution in [3.8, 4) is 5.75 Å². The molecule has 0 bridgehead atoms. The van der Waals surface area contributed by atoms with Crippen molar-refractivity contribution in [3.63, 3.8) is 0 Å². The van der Waals surface area contributed by atoms with Crippen molar-refractivity contribution in [1.29, 1.82) is 0 Å². The quantitative estimate of drug-likeness (QED) is 0.614. The molecule has 0 atom stereocenters. The number of rotatable bonds is 6. The van der Waals surface area contributed by atoms with Gasteiger partial charge in [0.2, 0.25) is 5.91 Å². The molecule has 0 fully saturated rings. The molecule has 7 heteroatoms. The number of hydrogen-bond acceptors (Lipinski definition) is 4. The molecule has 0 saturated heterocycles. The van der Waals surface area contributed by atoms with Crippen LogP contribution in [-0.2, 0) is 9.59 Å². The number of nitrogens with one attached hydrogen (secondary N) is 2. The molecule has 0 aliphatic rings. The number of para-hydroxylation sites is 1. The predicted octanol–water partition coefficient (Wildman–Crippen LogP) is 3.22. The van der Waals surface area contributed by atoms with Crippen LogP contribution in [0.25, 0.3) is 0 Å². The van der Waals surface area contributed by atoms with Gasteiger partial charge < -0.3 is 10.1 Å². The zero-order chi connectivity index (χ0) is 18.2. The Hall–Kier alpha value is -2.86. The summed E-state index contributed by atoms with van der Waals surface area (Å²) in [6, 6.07) is 14.1. The summed E-state index contributed by atoms with van der Waals surface area (Å²) in [5.41, 5.74) is 4.46. The number of anilines is 1. The molecule has 2 amide bonds. The molecule has 0 heterocycles. The summed E-state index contributed by atoms with van der Waals surface area (Å²) < 4.78 is 5.34. The van der Waals surface area contributed by atoms with Crippen molar-refractivity contribution in [2.24, 2.45) is 5.10 Å². The number of amides is 2. The smallest absolute Gasteiger partial charge is 0.277 e. The molecule has 2 N–H and O–H groups in total. The maximum atomic E-state index is 11.8. The second kappa shape index (κ2) is 8.84. The number of benzene rings is 2. The number of hydrogen-bond donors (Lipinski definition) is 2. The number of halogens is 1. The van der Waals surface area contributed by atoms with Gasteiger partial charge in [-0.25, -0.2) is 5.43 Å². The van der Waals surface area contributed by atoms with Crippen LogP contribution in [0.1, 0.15) is 19.4 Å². The Labute approximate surface area is 150 Å². The van der Waals surface area contributed by atoms with Gasteiger partial charge in [-0.2, -0.15) is 5.10 Å². The third-order valence-corrected chi connectivity index (χ3v) is 3.46. The van der Waals surface area contributed by atoms with Crippen molar-refractivity contribution in [1.82, 2.24) is 5.43 Å². The van der Waals surface area contributed by atoms with E-state index in [-0.39, 0.29) is 12.5 Å². The Morgan fingerprint density at radius 2 is 1.88 bits per heavy atom. The standard InChI is InChI=1S/C18H18ClN3O3/c1-12(14-6-5-7-15(10-14)20-13(2)23)21-22-18(24)11-25-17-9-4-3-8-16(17)19/h3-10H,11H2,1-2H3,(H,20,23)(H,22,24)/b21-12-. The van der Waals surface area contributed by atoms with Gasteiger partial charge in [-0.15, -0.1) is 0 Å². The van der Waals surface area contributed by atoms with Crippen LogP contribution in [0.5, 0.6) is 5.75 Å². The van der Waals surface area contributed by atoms with E-state index in [0.717, 1.165) is 5.56 Å². The second-order valence-electron chi connectivity index (χ2n) is 5.21. The number of ether oxygens (including phenoxy) is 1. The van der Waals surface area contributed by atoms with Crippen molar-refractivity contribution in [2.75, 3.05) is 11.9 Å². The van der Waals surface area contributed by atoms with Crippen LogP contribution >= 0.6 is 11.6 Å². The van der Waals surface area contributed by atoms with Gasteiger partial charge in [0, 0.05) is 12.6 Å². The van der Waals surface area contributed by atoms with E-state index in [0.29, 0.717) is 22.2 Å². The monoisotopic (exact) mass is 359 g/mol. The number of hydrazone groups is 1. The third-order valence-electron chi connectivity index (χ3n) is 3.14. The fourth-order valence-corrected chi connectivity index (χ4v) is 2.16. The average Bonchev–Trinajstić information content (AvgIpc) is 2.58. The summed E-state index contributed by atoms with van der Waals surface area (Å²) in [5, 5.41) is 7.17. The summed E-state index contributed by atoms with van der Waals surface area (Å²) in [5.74, 6) is -0.128. The van der Waals surface area contributed by atoms with E-state index >= 15 is 0 Å². The van der Waals surface area contributed by atoms with Gasteiger partial charge in [-0.05, 0) is 36.8 Å². The third kappa shape index (κ3) is 5.93. The Morgan fingerprint density at radius 3 is 2.60 bits per heavy atom. The van der Waals surface area contributed by atoms with Crippen LogP contribution in [0.4, 0.5) is 5.69 Å². The molecule has 25 heavy (non-hydrogen) atoms. The highest BCUT2D eigenvalue weighted by Gasteiger charge is 2.06. The van der Waals surface area contributed by atoms with Crippen molar-refractivity contribution >= 4 is 34.8 Å². The lowest BCUT2D eigenvalue weighted by Gasteiger charge is -2.08. The molecule has 2 aromatic rings. The molecule has 0 saturated carbocycles. The number of carbonyl (C=O) groups is 2. The minimum absolute atomic E-state index is 0.156. The van der Waals surface area contributed by atoms with Gasteiger partial charge in [0.15, 0.2) is 6.61 Å². The average molecular weight is 360 g/mol. The molecule has 130 valence electrons. The van der Waals surface area contributed by atoms with Crippen molar-refractivity contribution in [3.05, 3.63) is 59.1 Å². The highest BCUT2D eigenvalue weighted by atomic mass is 35.5. The van der Waals surface area contributed by atoms with E-state index < -0.39 is 5.91 Å². The van der Waals surface area contributed by atoms with Crippen LogP contribution in [-0.4, -0.2) is 24.1 Å². The molecule has 0 aromatic heterocycles. The SMILES string of the molecule is CC(=O)Nc1cccc(/C(C)=N\NC(=O)COc2ccccc2Cl)c1. The Balaban J connectivity index is 1.93. The Kier molecular flexibility index (Phi) is 6.54. The summed E-state index contributed by atoms with van der Waals surface area (Å²) in [6.45, 7) is 2.99. The lowest BCUT2D eigenvalue weighted by Crippen LogP contribution is -2.25. The Bertz CT molecular complexity index is 806. The summed E-state index contributed by atoms with van der Waals surface area (Å²) in [4.78, 5) is 22.9. The fraction of sp³-hybridized carbons (Fsp3) is 0.167. The first kappa shape index (κ1) is 18.5. The van der Waals surface area contributed by atoms with Crippen molar-refractivity contribution < 1.29 is 14.3 Å². The second-order valence-corrected chi connectivity index (χ2v) is 5.62. The zero-order valence-corrected chi connectivity index (χ0v) is 14.6. The van der Waals surface area contributed by atoms with Crippen LogP contribution in [0.3, 0.4) is 0 Å². The van der Waals surface area contributed by atoms with E-state index in [1.165, 1.54) is 6.92 Å². The van der Waals surface area contributed by atoms with Gasteiger partial charge in [0.1, 0.15) is 5.75 Å².